The van der Waals surface area contributed by atoms with Gasteiger partial charge >= 0.3 is 6.61 Å². The molecule has 154 valence electrons. The lowest BCUT2D eigenvalue weighted by Crippen LogP contribution is -2.34. The lowest BCUT2D eigenvalue weighted by atomic mass is 10.1. The van der Waals surface area contributed by atoms with Crippen LogP contribution in [0.4, 0.5) is 8.78 Å². The molecule has 1 unspecified atom stereocenters. The van der Waals surface area contributed by atoms with E-state index in [1.54, 1.807) is 24.1 Å². The Morgan fingerprint density at radius 1 is 1.21 bits per heavy atom. The minimum Gasteiger partial charge on any atom is -0.435 e. The Hall–Kier alpha value is -2.96. The van der Waals surface area contributed by atoms with Gasteiger partial charge in [0.05, 0.1) is 5.92 Å². The number of carbonyl (C=O) groups excluding carboxylic acids is 2. The van der Waals surface area contributed by atoms with Crippen LogP contribution in [0, 0.1) is 12.8 Å². The second-order valence-corrected chi connectivity index (χ2v) is 7.38. The highest BCUT2D eigenvalue weighted by atomic mass is 19.3. The summed E-state index contributed by atoms with van der Waals surface area (Å²) in [7, 11) is 1.65. The molecule has 0 aliphatic carbocycles. The number of nitrogens with zero attached hydrogens (tertiary/aromatic N) is 2. The van der Waals surface area contributed by atoms with E-state index >= 15 is 0 Å². The monoisotopic (exact) mass is 402 g/mol. The quantitative estimate of drug-likeness (QED) is 0.711. The first-order valence-corrected chi connectivity index (χ1v) is 9.44. The van der Waals surface area contributed by atoms with Gasteiger partial charge < -0.3 is 14.5 Å². The molecule has 3 rings (SSSR count). The number of alkyl halides is 2. The first kappa shape index (κ1) is 20.8. The Morgan fingerprint density at radius 2 is 1.93 bits per heavy atom. The van der Waals surface area contributed by atoms with Gasteiger partial charge in [-0.25, -0.2) is 0 Å². The van der Waals surface area contributed by atoms with Gasteiger partial charge in [-0.1, -0.05) is 42.0 Å². The van der Waals surface area contributed by atoms with E-state index in [1.807, 2.05) is 31.2 Å². The highest BCUT2D eigenvalue weighted by Gasteiger charge is 2.35. The number of hydrogen-bond acceptors (Lipinski definition) is 3. The van der Waals surface area contributed by atoms with Crippen molar-refractivity contribution in [3.63, 3.8) is 0 Å². The third-order valence-electron chi connectivity index (χ3n) is 4.98. The number of aryl methyl sites for hydroxylation is 1. The average Bonchev–Trinajstić information content (AvgIpc) is 3.03. The van der Waals surface area contributed by atoms with Gasteiger partial charge in [0, 0.05) is 33.1 Å². The molecule has 2 aromatic rings. The van der Waals surface area contributed by atoms with Crippen molar-refractivity contribution in [2.45, 2.75) is 33.0 Å². The summed E-state index contributed by atoms with van der Waals surface area (Å²) in [5.74, 6) is -0.522. The summed E-state index contributed by atoms with van der Waals surface area (Å²) >= 11 is 0. The first-order chi connectivity index (χ1) is 13.8. The number of hydrogen-bond donors (Lipinski definition) is 0. The Labute approximate surface area is 168 Å². The molecule has 1 fully saturated rings. The number of benzene rings is 2. The van der Waals surface area contributed by atoms with Crippen LogP contribution in [0.3, 0.4) is 0 Å². The first-order valence-electron chi connectivity index (χ1n) is 9.44. The lowest BCUT2D eigenvalue weighted by Gasteiger charge is -2.22. The normalized spacial score (nSPS) is 16.4. The number of carbonyl (C=O) groups is 2. The van der Waals surface area contributed by atoms with Crippen molar-refractivity contribution in [1.82, 2.24) is 9.80 Å². The third-order valence-corrected chi connectivity index (χ3v) is 4.98. The summed E-state index contributed by atoms with van der Waals surface area (Å²) in [4.78, 5) is 28.4. The van der Waals surface area contributed by atoms with Gasteiger partial charge in [-0.3, -0.25) is 9.59 Å². The van der Waals surface area contributed by atoms with Gasteiger partial charge in [0.15, 0.2) is 0 Å². The van der Waals surface area contributed by atoms with Crippen LogP contribution in [-0.2, 0) is 22.7 Å². The average molecular weight is 402 g/mol. The maximum Gasteiger partial charge on any atom is 0.387 e. The highest BCUT2D eigenvalue weighted by molar-refractivity contribution is 5.89. The fraction of sp³-hybridized carbons (Fsp3) is 0.364. The van der Waals surface area contributed by atoms with E-state index in [-0.39, 0.29) is 30.5 Å². The molecule has 0 saturated carbocycles. The molecule has 1 aliphatic heterocycles. The number of ether oxygens (including phenoxy) is 1. The van der Waals surface area contributed by atoms with Crippen LogP contribution >= 0.6 is 0 Å². The Morgan fingerprint density at radius 3 is 2.62 bits per heavy atom. The van der Waals surface area contributed by atoms with Crippen molar-refractivity contribution >= 4 is 11.8 Å². The zero-order valence-corrected chi connectivity index (χ0v) is 16.5. The van der Waals surface area contributed by atoms with Gasteiger partial charge in [-0.15, -0.1) is 0 Å². The topological polar surface area (TPSA) is 49.9 Å². The summed E-state index contributed by atoms with van der Waals surface area (Å²) < 4.78 is 29.1. The maximum absolute atomic E-state index is 12.8. The molecule has 2 aromatic carbocycles. The molecular formula is C22H24F2N2O3. The van der Waals surface area contributed by atoms with Gasteiger partial charge in [0.1, 0.15) is 5.75 Å². The Balaban J connectivity index is 1.58. The fourth-order valence-corrected chi connectivity index (χ4v) is 3.49. The minimum atomic E-state index is -2.89. The van der Waals surface area contributed by atoms with E-state index in [0.29, 0.717) is 18.7 Å². The molecule has 29 heavy (non-hydrogen) atoms. The molecular weight excluding hydrogens is 378 g/mol. The molecule has 0 bridgehead atoms. The van der Waals surface area contributed by atoms with Crippen molar-refractivity contribution in [3.05, 3.63) is 65.2 Å². The molecule has 1 atom stereocenters. The lowest BCUT2D eigenvalue weighted by molar-refractivity contribution is -0.135. The largest absolute Gasteiger partial charge is 0.435 e. The molecule has 0 spiro atoms. The van der Waals surface area contributed by atoms with Crippen LogP contribution in [0.2, 0.25) is 0 Å². The summed E-state index contributed by atoms with van der Waals surface area (Å²) in [6.45, 7) is 0.227. The van der Waals surface area contributed by atoms with Crippen molar-refractivity contribution in [2.75, 3.05) is 13.6 Å². The van der Waals surface area contributed by atoms with Crippen LogP contribution < -0.4 is 4.74 Å². The molecule has 1 saturated heterocycles. The SMILES string of the molecule is Cc1ccc(CN2CC(C(=O)N(C)Cc3cccc(OC(F)F)c3)CC2=O)cc1. The van der Waals surface area contributed by atoms with Gasteiger partial charge in [-0.2, -0.15) is 8.78 Å². The molecule has 7 heteroatoms. The van der Waals surface area contributed by atoms with Crippen molar-refractivity contribution in [1.29, 1.82) is 0 Å². The van der Waals surface area contributed by atoms with Crippen molar-refractivity contribution in [3.8, 4) is 5.75 Å². The third kappa shape index (κ3) is 5.53. The summed E-state index contributed by atoms with van der Waals surface area (Å²) in [5, 5.41) is 0. The van der Waals surface area contributed by atoms with Crippen molar-refractivity contribution < 1.29 is 23.1 Å². The summed E-state index contributed by atoms with van der Waals surface area (Å²) in [6, 6.07) is 14.2. The van der Waals surface area contributed by atoms with E-state index in [1.165, 1.54) is 17.0 Å². The van der Waals surface area contributed by atoms with Crippen LogP contribution in [0.1, 0.15) is 23.1 Å². The highest BCUT2D eigenvalue weighted by Crippen LogP contribution is 2.23. The van der Waals surface area contributed by atoms with E-state index in [9.17, 15) is 18.4 Å². The molecule has 0 aromatic heterocycles. The number of amides is 2. The van der Waals surface area contributed by atoms with E-state index < -0.39 is 12.5 Å². The van der Waals surface area contributed by atoms with Crippen LogP contribution in [0.25, 0.3) is 0 Å². The standard InChI is InChI=1S/C22H24F2N2O3/c1-15-6-8-16(9-7-15)13-26-14-18(11-20(26)27)21(28)25(2)12-17-4-3-5-19(10-17)29-22(23)24/h3-10,18,22H,11-14H2,1-2H3. The molecule has 5 nitrogen and oxygen atoms in total. The van der Waals surface area contributed by atoms with E-state index in [0.717, 1.165) is 11.1 Å². The molecule has 0 radical (unpaired) electrons. The summed E-state index contributed by atoms with van der Waals surface area (Å²) in [5.41, 5.74) is 2.86. The predicted octanol–water partition coefficient (Wildman–Crippen LogP) is 3.60. The van der Waals surface area contributed by atoms with E-state index in [4.69, 9.17) is 0 Å². The Bertz CT molecular complexity index is 871. The van der Waals surface area contributed by atoms with Crippen LogP contribution in [0.15, 0.2) is 48.5 Å². The minimum absolute atomic E-state index is 0.0374. The zero-order chi connectivity index (χ0) is 21.0. The number of rotatable bonds is 7. The molecule has 0 N–H and O–H groups in total. The molecule has 1 aliphatic rings. The second-order valence-electron chi connectivity index (χ2n) is 7.38. The zero-order valence-electron chi connectivity index (χ0n) is 16.5. The summed E-state index contributed by atoms with van der Waals surface area (Å²) in [6.07, 6.45) is 0.184. The fourth-order valence-electron chi connectivity index (χ4n) is 3.49. The number of likely N-dealkylation sites (tertiary alicyclic amines) is 1. The maximum atomic E-state index is 12.8. The molecule has 2 amide bonds. The van der Waals surface area contributed by atoms with Gasteiger partial charge in [0.2, 0.25) is 11.8 Å². The molecule has 1 heterocycles. The van der Waals surface area contributed by atoms with Gasteiger partial charge in [0.25, 0.3) is 0 Å². The van der Waals surface area contributed by atoms with Crippen LogP contribution in [-0.4, -0.2) is 41.8 Å². The second kappa shape index (κ2) is 9.03. The van der Waals surface area contributed by atoms with E-state index in [2.05, 4.69) is 4.74 Å². The number of halogens is 2. The van der Waals surface area contributed by atoms with Gasteiger partial charge in [-0.05, 0) is 30.2 Å². The van der Waals surface area contributed by atoms with Crippen LogP contribution in [0.5, 0.6) is 5.75 Å². The van der Waals surface area contributed by atoms with Crippen molar-refractivity contribution in [2.24, 2.45) is 5.92 Å². The predicted molar refractivity (Wildman–Crippen MR) is 104 cm³/mol. The smallest absolute Gasteiger partial charge is 0.387 e. The Kier molecular flexibility index (Phi) is 6.46.